The number of anilines is 1. The zero-order valence-electron chi connectivity index (χ0n) is 13.5. The van der Waals surface area contributed by atoms with Crippen molar-refractivity contribution < 1.29 is 17.6 Å². The van der Waals surface area contributed by atoms with Crippen molar-refractivity contribution in [3.05, 3.63) is 53.4 Å². The molecule has 25 heavy (non-hydrogen) atoms. The lowest BCUT2D eigenvalue weighted by molar-refractivity contribution is -0.118. The van der Waals surface area contributed by atoms with Gasteiger partial charge in [0.25, 0.3) is 0 Å². The van der Waals surface area contributed by atoms with E-state index >= 15 is 0 Å². The van der Waals surface area contributed by atoms with Crippen molar-refractivity contribution in [2.45, 2.75) is 19.0 Å². The Labute approximate surface area is 151 Å². The highest BCUT2D eigenvalue weighted by Crippen LogP contribution is 2.21. The van der Waals surface area contributed by atoms with Crippen molar-refractivity contribution in [2.24, 2.45) is 0 Å². The lowest BCUT2D eigenvalue weighted by Gasteiger charge is -2.26. The number of carbonyl (C=O) groups excluding carboxylic acids is 1. The molecule has 1 amide bonds. The highest BCUT2D eigenvalue weighted by atomic mass is 35.5. The SMILES string of the molecule is O=C(CN(Cc1ccco1)C1CCS(=O)(=O)C1)Nc1cccc(Cl)c1. The Morgan fingerprint density at radius 3 is 2.80 bits per heavy atom. The van der Waals surface area contributed by atoms with Crippen LogP contribution in [0.3, 0.4) is 0 Å². The van der Waals surface area contributed by atoms with Gasteiger partial charge in [0, 0.05) is 16.8 Å². The van der Waals surface area contributed by atoms with Crippen molar-refractivity contribution >= 4 is 33.0 Å². The summed E-state index contributed by atoms with van der Waals surface area (Å²) in [5, 5.41) is 3.33. The quantitative estimate of drug-likeness (QED) is 0.830. The van der Waals surface area contributed by atoms with Crippen LogP contribution in [0.15, 0.2) is 47.1 Å². The van der Waals surface area contributed by atoms with Crippen molar-refractivity contribution in [3.63, 3.8) is 0 Å². The van der Waals surface area contributed by atoms with Gasteiger partial charge >= 0.3 is 0 Å². The number of carbonyl (C=O) groups is 1. The van der Waals surface area contributed by atoms with E-state index in [9.17, 15) is 13.2 Å². The van der Waals surface area contributed by atoms with E-state index in [1.54, 1.807) is 36.6 Å². The molecular weight excluding hydrogens is 364 g/mol. The molecule has 2 aromatic rings. The smallest absolute Gasteiger partial charge is 0.238 e. The van der Waals surface area contributed by atoms with Crippen molar-refractivity contribution in [1.82, 2.24) is 4.90 Å². The minimum atomic E-state index is -3.04. The van der Waals surface area contributed by atoms with Crippen LogP contribution in [0.5, 0.6) is 0 Å². The maximum atomic E-state index is 12.4. The fraction of sp³-hybridized carbons (Fsp3) is 0.353. The molecule has 134 valence electrons. The Kier molecular flexibility index (Phi) is 5.46. The van der Waals surface area contributed by atoms with E-state index in [0.29, 0.717) is 29.4 Å². The molecule has 0 saturated carbocycles. The first-order valence-corrected chi connectivity index (χ1v) is 10.1. The van der Waals surface area contributed by atoms with Gasteiger partial charge in [0.05, 0.1) is 30.9 Å². The van der Waals surface area contributed by atoms with Crippen LogP contribution < -0.4 is 5.32 Å². The Bertz CT molecular complexity index is 836. The number of hydrogen-bond donors (Lipinski definition) is 1. The Hall–Kier alpha value is -1.83. The van der Waals surface area contributed by atoms with Gasteiger partial charge in [0.1, 0.15) is 5.76 Å². The third kappa shape index (κ3) is 5.07. The van der Waals surface area contributed by atoms with Gasteiger partial charge in [0.2, 0.25) is 5.91 Å². The highest BCUT2D eigenvalue weighted by Gasteiger charge is 2.33. The summed E-state index contributed by atoms with van der Waals surface area (Å²) in [5.41, 5.74) is 0.606. The van der Waals surface area contributed by atoms with E-state index in [4.69, 9.17) is 16.0 Å². The molecule has 1 unspecified atom stereocenters. The molecule has 1 aliphatic heterocycles. The number of nitrogens with one attached hydrogen (secondary N) is 1. The Balaban J connectivity index is 1.69. The monoisotopic (exact) mass is 382 g/mol. The van der Waals surface area contributed by atoms with Crippen LogP contribution in [0, 0.1) is 0 Å². The van der Waals surface area contributed by atoms with Crippen LogP contribution in [0.4, 0.5) is 5.69 Å². The maximum absolute atomic E-state index is 12.4. The average molecular weight is 383 g/mol. The number of halogens is 1. The molecule has 0 aliphatic carbocycles. The molecule has 0 bridgehead atoms. The zero-order chi connectivity index (χ0) is 17.9. The average Bonchev–Trinajstić information content (AvgIpc) is 3.16. The van der Waals surface area contributed by atoms with Gasteiger partial charge in [0.15, 0.2) is 9.84 Å². The normalized spacial score (nSPS) is 19.2. The van der Waals surface area contributed by atoms with Gasteiger partial charge < -0.3 is 9.73 Å². The first-order valence-electron chi connectivity index (χ1n) is 7.93. The molecule has 1 fully saturated rings. The van der Waals surface area contributed by atoms with E-state index in [1.165, 1.54) is 0 Å². The van der Waals surface area contributed by atoms with Gasteiger partial charge in [-0.3, -0.25) is 9.69 Å². The standard InChI is InChI=1S/C17H19ClN2O4S/c18-13-3-1-4-14(9-13)19-17(21)11-20(10-16-5-2-7-24-16)15-6-8-25(22,23)12-15/h1-5,7,9,15H,6,8,10-12H2,(H,19,21). The van der Waals surface area contributed by atoms with Crippen LogP contribution in [0.1, 0.15) is 12.2 Å². The van der Waals surface area contributed by atoms with Gasteiger partial charge in [-0.25, -0.2) is 8.42 Å². The van der Waals surface area contributed by atoms with Crippen LogP contribution >= 0.6 is 11.6 Å². The molecular formula is C17H19ClN2O4S. The van der Waals surface area contributed by atoms with Gasteiger partial charge in [-0.1, -0.05) is 17.7 Å². The molecule has 1 aromatic heterocycles. The van der Waals surface area contributed by atoms with Crippen LogP contribution in [-0.2, 0) is 21.2 Å². The third-order valence-corrected chi connectivity index (χ3v) is 6.10. The summed E-state index contributed by atoms with van der Waals surface area (Å²) in [6.07, 6.45) is 2.08. The largest absolute Gasteiger partial charge is 0.468 e. The third-order valence-electron chi connectivity index (χ3n) is 4.12. The minimum Gasteiger partial charge on any atom is -0.468 e. The molecule has 6 nitrogen and oxygen atoms in total. The number of benzene rings is 1. The van der Waals surface area contributed by atoms with Crippen LogP contribution in [0.2, 0.25) is 5.02 Å². The maximum Gasteiger partial charge on any atom is 0.238 e. The lowest BCUT2D eigenvalue weighted by Crippen LogP contribution is -2.41. The molecule has 1 N–H and O–H groups in total. The van der Waals surface area contributed by atoms with Crippen LogP contribution in [-0.4, -0.2) is 43.3 Å². The summed E-state index contributed by atoms with van der Waals surface area (Å²) in [6, 6.07) is 10.3. The fourth-order valence-electron chi connectivity index (χ4n) is 2.93. The van der Waals surface area contributed by atoms with Gasteiger partial charge in [-0.2, -0.15) is 0 Å². The highest BCUT2D eigenvalue weighted by molar-refractivity contribution is 7.91. The molecule has 1 aliphatic rings. The predicted octanol–water partition coefficient (Wildman–Crippen LogP) is 2.56. The first-order chi connectivity index (χ1) is 11.9. The first kappa shape index (κ1) is 18.0. The van der Waals surface area contributed by atoms with Crippen molar-refractivity contribution in [2.75, 3.05) is 23.4 Å². The van der Waals surface area contributed by atoms with Crippen molar-refractivity contribution in [1.29, 1.82) is 0 Å². The minimum absolute atomic E-state index is 0.0676. The number of nitrogens with zero attached hydrogens (tertiary/aromatic N) is 1. The van der Waals surface area contributed by atoms with Gasteiger partial charge in [-0.05, 0) is 36.8 Å². The Morgan fingerprint density at radius 2 is 2.16 bits per heavy atom. The molecule has 0 spiro atoms. The summed E-state index contributed by atoms with van der Waals surface area (Å²) < 4.78 is 28.9. The molecule has 0 radical (unpaired) electrons. The lowest BCUT2D eigenvalue weighted by atomic mass is 10.2. The second-order valence-corrected chi connectivity index (χ2v) is 8.76. The van der Waals surface area contributed by atoms with Gasteiger partial charge in [-0.15, -0.1) is 0 Å². The molecule has 1 saturated heterocycles. The second-order valence-electron chi connectivity index (χ2n) is 6.10. The molecule has 1 atom stereocenters. The summed E-state index contributed by atoms with van der Waals surface area (Å²) >= 11 is 5.92. The predicted molar refractivity (Wildman–Crippen MR) is 96.3 cm³/mol. The number of sulfone groups is 1. The van der Waals surface area contributed by atoms with E-state index in [2.05, 4.69) is 5.32 Å². The fourth-order valence-corrected chi connectivity index (χ4v) is 4.88. The van der Waals surface area contributed by atoms with E-state index < -0.39 is 9.84 Å². The zero-order valence-corrected chi connectivity index (χ0v) is 15.1. The molecule has 8 heteroatoms. The van der Waals surface area contributed by atoms with Crippen molar-refractivity contribution in [3.8, 4) is 0 Å². The second kappa shape index (κ2) is 7.59. The number of furan rings is 1. The van der Waals surface area contributed by atoms with E-state index in [0.717, 1.165) is 0 Å². The Morgan fingerprint density at radius 1 is 1.32 bits per heavy atom. The molecule has 2 heterocycles. The summed E-state index contributed by atoms with van der Waals surface area (Å²) in [5.74, 6) is 0.693. The van der Waals surface area contributed by atoms with Crippen LogP contribution in [0.25, 0.3) is 0 Å². The van der Waals surface area contributed by atoms with E-state index in [-0.39, 0.29) is 30.0 Å². The number of amides is 1. The van der Waals surface area contributed by atoms with E-state index in [1.807, 2.05) is 11.0 Å². The summed E-state index contributed by atoms with van der Waals surface area (Å²) in [6.45, 7) is 0.462. The summed E-state index contributed by atoms with van der Waals surface area (Å²) in [4.78, 5) is 14.3. The molecule has 3 rings (SSSR count). The summed E-state index contributed by atoms with van der Waals surface area (Å²) in [7, 11) is -3.04. The topological polar surface area (TPSA) is 79.6 Å². The number of hydrogen-bond acceptors (Lipinski definition) is 5. The number of rotatable bonds is 6. The molecule has 1 aromatic carbocycles.